The fourth-order valence-electron chi connectivity index (χ4n) is 1.60. The average Bonchev–Trinajstić information content (AvgIpc) is 2.25. The second-order valence-electron chi connectivity index (χ2n) is 3.98. The molecule has 0 fully saturated rings. The van der Waals surface area contributed by atoms with Gasteiger partial charge in [0.2, 0.25) is 10.0 Å². The topological polar surface area (TPSA) is 46.6 Å². The number of anilines is 1. The fourth-order valence-corrected chi connectivity index (χ4v) is 2.13. The molecule has 0 aliphatic heterocycles. The molecule has 0 atom stereocenters. The molecule has 0 saturated heterocycles. The van der Waals surface area contributed by atoms with Crippen LogP contribution >= 0.6 is 0 Å². The molecular weight excluding hydrogens is 283 g/mol. The van der Waals surface area contributed by atoms with Gasteiger partial charge in [0.1, 0.15) is 5.75 Å². The molecule has 1 rings (SSSR count). The van der Waals surface area contributed by atoms with Crippen LogP contribution in [0.2, 0.25) is 0 Å². The van der Waals surface area contributed by atoms with Crippen LogP contribution in [0, 0.1) is 0 Å². The SMILES string of the molecule is COc1cccc(N(C)S(C)(=O)=O)c1CC(F)(F)F. The highest BCUT2D eigenvalue weighted by atomic mass is 32.2. The molecule has 1 aromatic carbocycles. The number of nitrogens with zero attached hydrogens (tertiary/aromatic N) is 1. The standard InChI is InChI=1S/C11H14F3NO3S/c1-15(19(3,16)17)9-5-4-6-10(18-2)8(9)7-11(12,13)14/h4-6H,7H2,1-3H3. The summed E-state index contributed by atoms with van der Waals surface area (Å²) < 4.78 is 66.3. The van der Waals surface area contributed by atoms with Crippen LogP contribution in [0.3, 0.4) is 0 Å². The normalized spacial score (nSPS) is 12.3. The zero-order valence-corrected chi connectivity index (χ0v) is 11.5. The van der Waals surface area contributed by atoms with E-state index >= 15 is 0 Å². The van der Waals surface area contributed by atoms with Gasteiger partial charge in [0.25, 0.3) is 0 Å². The fraction of sp³-hybridized carbons (Fsp3) is 0.455. The van der Waals surface area contributed by atoms with Crippen LogP contribution in [-0.4, -0.2) is 35.0 Å². The molecule has 108 valence electrons. The third-order valence-corrected chi connectivity index (χ3v) is 3.73. The van der Waals surface area contributed by atoms with Crippen LogP contribution in [-0.2, 0) is 16.4 Å². The summed E-state index contributed by atoms with van der Waals surface area (Å²) in [5.41, 5.74) is -0.246. The largest absolute Gasteiger partial charge is 0.496 e. The summed E-state index contributed by atoms with van der Waals surface area (Å²) in [4.78, 5) is 0. The van der Waals surface area contributed by atoms with Gasteiger partial charge < -0.3 is 4.74 Å². The molecule has 0 aliphatic carbocycles. The molecule has 0 radical (unpaired) electrons. The van der Waals surface area contributed by atoms with Crippen molar-refractivity contribution < 1.29 is 26.3 Å². The number of ether oxygens (including phenoxy) is 1. The third-order valence-electron chi connectivity index (χ3n) is 2.54. The van der Waals surface area contributed by atoms with Gasteiger partial charge in [-0.15, -0.1) is 0 Å². The van der Waals surface area contributed by atoms with Gasteiger partial charge >= 0.3 is 6.18 Å². The molecule has 0 amide bonds. The molecule has 8 heteroatoms. The first-order valence-electron chi connectivity index (χ1n) is 5.23. The van der Waals surface area contributed by atoms with Crippen molar-refractivity contribution in [2.24, 2.45) is 0 Å². The Hall–Kier alpha value is -1.44. The lowest BCUT2D eigenvalue weighted by Crippen LogP contribution is -2.27. The predicted octanol–water partition coefficient (Wildman–Crippen LogP) is 2.20. The highest BCUT2D eigenvalue weighted by Crippen LogP contribution is 2.35. The maximum Gasteiger partial charge on any atom is 0.393 e. The highest BCUT2D eigenvalue weighted by molar-refractivity contribution is 7.92. The van der Waals surface area contributed by atoms with Gasteiger partial charge in [-0.3, -0.25) is 4.31 Å². The molecule has 0 saturated carbocycles. The minimum absolute atomic E-state index is 0.00493. The van der Waals surface area contributed by atoms with E-state index in [-0.39, 0.29) is 17.0 Å². The molecule has 1 aromatic rings. The third kappa shape index (κ3) is 4.02. The van der Waals surface area contributed by atoms with Gasteiger partial charge in [0, 0.05) is 12.6 Å². The smallest absolute Gasteiger partial charge is 0.393 e. The van der Waals surface area contributed by atoms with E-state index in [2.05, 4.69) is 0 Å². The lowest BCUT2D eigenvalue weighted by Gasteiger charge is -2.22. The van der Waals surface area contributed by atoms with Crippen molar-refractivity contribution in [2.75, 3.05) is 24.7 Å². The van der Waals surface area contributed by atoms with Crippen molar-refractivity contribution >= 4 is 15.7 Å². The number of benzene rings is 1. The van der Waals surface area contributed by atoms with E-state index < -0.39 is 22.6 Å². The molecule has 0 heterocycles. The van der Waals surface area contributed by atoms with E-state index in [1.807, 2.05) is 0 Å². The maximum atomic E-state index is 12.6. The molecule has 4 nitrogen and oxygen atoms in total. The lowest BCUT2D eigenvalue weighted by molar-refractivity contribution is -0.127. The maximum absolute atomic E-state index is 12.6. The Morgan fingerprint density at radius 3 is 2.32 bits per heavy atom. The van der Waals surface area contributed by atoms with Gasteiger partial charge in [-0.05, 0) is 12.1 Å². The zero-order valence-electron chi connectivity index (χ0n) is 10.7. The Labute approximate surface area is 109 Å². The Morgan fingerprint density at radius 1 is 1.32 bits per heavy atom. The summed E-state index contributed by atoms with van der Waals surface area (Å²) in [5.74, 6) is 0.00493. The van der Waals surface area contributed by atoms with Crippen LogP contribution in [0.4, 0.5) is 18.9 Å². The van der Waals surface area contributed by atoms with E-state index in [9.17, 15) is 21.6 Å². The Morgan fingerprint density at radius 2 is 1.89 bits per heavy atom. The summed E-state index contributed by atoms with van der Waals surface area (Å²) in [6.45, 7) is 0. The number of hydrogen-bond donors (Lipinski definition) is 0. The van der Waals surface area contributed by atoms with Gasteiger partial charge in [0.15, 0.2) is 0 Å². The first-order valence-corrected chi connectivity index (χ1v) is 7.07. The van der Waals surface area contributed by atoms with E-state index in [0.717, 1.165) is 10.6 Å². The molecule has 0 spiro atoms. The summed E-state index contributed by atoms with van der Waals surface area (Å²) in [6, 6.07) is 4.11. The second kappa shape index (κ2) is 5.28. The van der Waals surface area contributed by atoms with Gasteiger partial charge in [0.05, 0.1) is 25.5 Å². The van der Waals surface area contributed by atoms with E-state index in [1.54, 1.807) is 0 Å². The zero-order chi connectivity index (χ0) is 14.8. The van der Waals surface area contributed by atoms with Crippen molar-refractivity contribution in [1.29, 1.82) is 0 Å². The van der Waals surface area contributed by atoms with E-state index in [0.29, 0.717) is 0 Å². The molecule has 0 aliphatic rings. The Kier molecular flexibility index (Phi) is 4.34. The van der Waals surface area contributed by atoms with Gasteiger partial charge in [-0.25, -0.2) is 8.42 Å². The summed E-state index contributed by atoms with van der Waals surface area (Å²) >= 11 is 0. The quantitative estimate of drug-likeness (QED) is 0.856. The molecule has 0 unspecified atom stereocenters. The number of hydrogen-bond acceptors (Lipinski definition) is 3. The lowest BCUT2D eigenvalue weighted by atomic mass is 10.1. The van der Waals surface area contributed by atoms with Crippen LogP contribution in [0.25, 0.3) is 0 Å². The van der Waals surface area contributed by atoms with Gasteiger partial charge in [-0.2, -0.15) is 13.2 Å². The molecular formula is C11H14F3NO3S. The van der Waals surface area contributed by atoms with Crippen LogP contribution in [0.1, 0.15) is 5.56 Å². The summed E-state index contributed by atoms with van der Waals surface area (Å²) in [5, 5.41) is 0. The molecule has 0 bridgehead atoms. The number of sulfonamides is 1. The van der Waals surface area contributed by atoms with Crippen molar-refractivity contribution in [3.8, 4) is 5.75 Å². The Bertz CT molecular complexity index is 555. The van der Waals surface area contributed by atoms with E-state index in [4.69, 9.17) is 4.74 Å². The van der Waals surface area contributed by atoms with Crippen molar-refractivity contribution in [1.82, 2.24) is 0 Å². The predicted molar refractivity (Wildman–Crippen MR) is 66.0 cm³/mol. The molecule has 0 aromatic heterocycles. The first-order chi connectivity index (χ1) is 8.56. The number of alkyl halides is 3. The number of rotatable bonds is 4. The van der Waals surface area contributed by atoms with Crippen LogP contribution in [0.15, 0.2) is 18.2 Å². The first kappa shape index (κ1) is 15.6. The minimum Gasteiger partial charge on any atom is -0.496 e. The van der Waals surface area contributed by atoms with Crippen LogP contribution < -0.4 is 9.04 Å². The van der Waals surface area contributed by atoms with Crippen molar-refractivity contribution in [3.05, 3.63) is 23.8 Å². The average molecular weight is 297 g/mol. The van der Waals surface area contributed by atoms with Crippen molar-refractivity contribution in [2.45, 2.75) is 12.6 Å². The number of halogens is 3. The van der Waals surface area contributed by atoms with E-state index in [1.165, 1.54) is 32.4 Å². The molecule has 19 heavy (non-hydrogen) atoms. The summed E-state index contributed by atoms with van der Waals surface area (Å²) in [6.07, 6.45) is -4.79. The van der Waals surface area contributed by atoms with Crippen molar-refractivity contribution in [3.63, 3.8) is 0 Å². The Balaban J connectivity index is 3.39. The van der Waals surface area contributed by atoms with Crippen LogP contribution in [0.5, 0.6) is 5.75 Å². The highest BCUT2D eigenvalue weighted by Gasteiger charge is 2.32. The second-order valence-corrected chi connectivity index (χ2v) is 5.99. The monoisotopic (exact) mass is 297 g/mol. The minimum atomic E-state index is -4.46. The number of methoxy groups -OCH3 is 1. The molecule has 0 N–H and O–H groups in total. The van der Waals surface area contributed by atoms with Gasteiger partial charge in [-0.1, -0.05) is 6.07 Å². The summed E-state index contributed by atoms with van der Waals surface area (Å²) in [7, 11) is -1.21.